The van der Waals surface area contributed by atoms with Crippen molar-refractivity contribution in [3.8, 4) is 5.75 Å². The van der Waals surface area contributed by atoms with Crippen LogP contribution in [0.5, 0.6) is 5.75 Å². The van der Waals surface area contributed by atoms with Gasteiger partial charge in [0.25, 0.3) is 5.91 Å². The predicted octanol–water partition coefficient (Wildman–Crippen LogP) is 0.265. The highest BCUT2D eigenvalue weighted by Gasteiger charge is 2.12. The van der Waals surface area contributed by atoms with Gasteiger partial charge in [0.15, 0.2) is 12.4 Å². The summed E-state index contributed by atoms with van der Waals surface area (Å²) in [7, 11) is 3.24. The fourth-order valence-corrected chi connectivity index (χ4v) is 1.46. The Morgan fingerprint density at radius 2 is 2.15 bits per heavy atom. The largest absolute Gasteiger partial charge is 0.483 e. The first-order valence-electron chi connectivity index (χ1n) is 6.02. The van der Waals surface area contributed by atoms with Crippen molar-refractivity contribution in [2.24, 2.45) is 10.9 Å². The third kappa shape index (κ3) is 4.43. The lowest BCUT2D eigenvalue weighted by molar-refractivity contribution is -0.132. The molecule has 0 radical (unpaired) electrons. The van der Waals surface area contributed by atoms with Crippen molar-refractivity contribution in [1.29, 1.82) is 0 Å². The molecule has 0 fully saturated rings. The zero-order valence-corrected chi connectivity index (χ0v) is 11.6. The number of amides is 1. The summed E-state index contributed by atoms with van der Waals surface area (Å²) in [6, 6.07) is 6.76. The lowest BCUT2D eigenvalue weighted by Gasteiger charge is -2.17. The molecular formula is C13H19N3O4. The number of nitrogens with two attached hydrogens (primary N) is 1. The van der Waals surface area contributed by atoms with E-state index in [1.807, 2.05) is 0 Å². The highest BCUT2D eigenvalue weighted by molar-refractivity contribution is 5.99. The number of benzene rings is 1. The van der Waals surface area contributed by atoms with Gasteiger partial charge in [-0.1, -0.05) is 17.3 Å². The Hall–Kier alpha value is -2.28. The standard InChI is InChI=1S/C13H19N3O4/c1-16(7-8-19-2)12(17)9-20-11-6-4-3-5-10(11)13(14)15-18/h3-6,18H,7-9H2,1-2H3,(H2,14,15). The lowest BCUT2D eigenvalue weighted by Crippen LogP contribution is -2.34. The van der Waals surface area contributed by atoms with Gasteiger partial charge in [-0.05, 0) is 12.1 Å². The van der Waals surface area contributed by atoms with Crippen molar-refractivity contribution in [1.82, 2.24) is 4.90 Å². The molecular weight excluding hydrogens is 262 g/mol. The van der Waals surface area contributed by atoms with E-state index in [4.69, 9.17) is 20.4 Å². The van der Waals surface area contributed by atoms with Crippen LogP contribution < -0.4 is 10.5 Å². The van der Waals surface area contributed by atoms with Crippen molar-refractivity contribution in [3.63, 3.8) is 0 Å². The van der Waals surface area contributed by atoms with E-state index in [0.29, 0.717) is 24.5 Å². The second-order valence-corrected chi connectivity index (χ2v) is 4.08. The number of hydrogen-bond donors (Lipinski definition) is 2. The second kappa shape index (κ2) is 8.00. The van der Waals surface area contributed by atoms with Crippen molar-refractivity contribution in [3.05, 3.63) is 29.8 Å². The SMILES string of the molecule is COCCN(C)C(=O)COc1ccccc1C(N)=NO. The van der Waals surface area contributed by atoms with Crippen molar-refractivity contribution in [2.75, 3.05) is 33.9 Å². The molecule has 1 aromatic rings. The second-order valence-electron chi connectivity index (χ2n) is 4.08. The first kappa shape index (κ1) is 15.8. The van der Waals surface area contributed by atoms with E-state index in [0.717, 1.165) is 0 Å². The molecule has 1 aromatic carbocycles. The molecule has 0 aliphatic carbocycles. The molecule has 0 heterocycles. The molecule has 0 aliphatic rings. The molecule has 3 N–H and O–H groups in total. The van der Waals surface area contributed by atoms with Crippen LogP contribution in [0.1, 0.15) is 5.56 Å². The molecule has 0 saturated heterocycles. The van der Waals surface area contributed by atoms with Gasteiger partial charge in [0.2, 0.25) is 0 Å². The van der Waals surface area contributed by atoms with Crippen LogP contribution in [-0.4, -0.2) is 55.8 Å². The fraction of sp³-hybridized carbons (Fsp3) is 0.385. The monoisotopic (exact) mass is 281 g/mol. The average molecular weight is 281 g/mol. The summed E-state index contributed by atoms with van der Waals surface area (Å²) in [5.74, 6) is 0.133. The molecule has 110 valence electrons. The molecule has 1 amide bonds. The highest BCUT2D eigenvalue weighted by Crippen LogP contribution is 2.17. The van der Waals surface area contributed by atoms with Gasteiger partial charge >= 0.3 is 0 Å². The Bertz CT molecular complexity index is 476. The molecule has 0 saturated carbocycles. The molecule has 0 atom stereocenters. The Balaban J connectivity index is 2.64. The number of amidine groups is 1. The molecule has 7 nitrogen and oxygen atoms in total. The van der Waals surface area contributed by atoms with Crippen molar-refractivity contribution < 1.29 is 19.5 Å². The maximum atomic E-state index is 11.8. The van der Waals surface area contributed by atoms with Crippen molar-refractivity contribution >= 4 is 11.7 Å². The van der Waals surface area contributed by atoms with Gasteiger partial charge in [-0.3, -0.25) is 4.79 Å². The minimum Gasteiger partial charge on any atom is -0.483 e. The summed E-state index contributed by atoms with van der Waals surface area (Å²) in [4.78, 5) is 13.3. The van der Waals surface area contributed by atoms with E-state index >= 15 is 0 Å². The normalized spacial score (nSPS) is 11.2. The van der Waals surface area contributed by atoms with E-state index in [1.54, 1.807) is 38.4 Å². The van der Waals surface area contributed by atoms with Crippen LogP contribution in [0.3, 0.4) is 0 Å². The number of ether oxygens (including phenoxy) is 2. The van der Waals surface area contributed by atoms with Crippen molar-refractivity contribution in [2.45, 2.75) is 0 Å². The van der Waals surface area contributed by atoms with Crippen LogP contribution in [0, 0.1) is 0 Å². The third-order valence-electron chi connectivity index (χ3n) is 2.68. The minimum atomic E-state index is -0.184. The number of hydrogen-bond acceptors (Lipinski definition) is 5. The molecule has 0 spiro atoms. The zero-order valence-electron chi connectivity index (χ0n) is 11.6. The number of rotatable bonds is 7. The Morgan fingerprint density at radius 3 is 2.80 bits per heavy atom. The predicted molar refractivity (Wildman–Crippen MR) is 74.0 cm³/mol. The van der Waals surface area contributed by atoms with Crippen LogP contribution >= 0.6 is 0 Å². The van der Waals surface area contributed by atoms with E-state index in [-0.39, 0.29) is 18.3 Å². The van der Waals surface area contributed by atoms with E-state index in [2.05, 4.69) is 5.16 Å². The first-order chi connectivity index (χ1) is 9.60. The highest BCUT2D eigenvalue weighted by atomic mass is 16.5. The Kier molecular flexibility index (Phi) is 6.31. The maximum Gasteiger partial charge on any atom is 0.260 e. The number of carbonyl (C=O) groups excluding carboxylic acids is 1. The van der Waals surface area contributed by atoms with Crippen LogP contribution in [0.15, 0.2) is 29.4 Å². The topological polar surface area (TPSA) is 97.4 Å². The number of nitrogens with zero attached hydrogens (tertiary/aromatic N) is 2. The van der Waals surface area contributed by atoms with Crippen LogP contribution in [0.2, 0.25) is 0 Å². The van der Waals surface area contributed by atoms with E-state index in [9.17, 15) is 4.79 Å². The quantitative estimate of drug-likeness (QED) is 0.323. The van der Waals surface area contributed by atoms with Crippen LogP contribution in [0.4, 0.5) is 0 Å². The molecule has 0 unspecified atom stereocenters. The van der Waals surface area contributed by atoms with Gasteiger partial charge in [0.1, 0.15) is 5.75 Å². The number of methoxy groups -OCH3 is 1. The van der Waals surface area contributed by atoms with E-state index < -0.39 is 0 Å². The maximum absolute atomic E-state index is 11.8. The van der Waals surface area contributed by atoms with Crippen LogP contribution in [-0.2, 0) is 9.53 Å². The Labute approximate surface area is 117 Å². The van der Waals surface area contributed by atoms with Gasteiger partial charge in [-0.2, -0.15) is 0 Å². The number of carbonyl (C=O) groups is 1. The third-order valence-corrected chi connectivity index (χ3v) is 2.68. The van der Waals surface area contributed by atoms with Crippen LogP contribution in [0.25, 0.3) is 0 Å². The summed E-state index contributed by atoms with van der Waals surface area (Å²) in [6.45, 7) is 0.819. The summed E-state index contributed by atoms with van der Waals surface area (Å²) >= 11 is 0. The van der Waals surface area contributed by atoms with Gasteiger partial charge in [0.05, 0.1) is 12.2 Å². The molecule has 0 bridgehead atoms. The lowest BCUT2D eigenvalue weighted by atomic mass is 10.2. The summed E-state index contributed by atoms with van der Waals surface area (Å²) in [6.07, 6.45) is 0. The average Bonchev–Trinajstić information content (AvgIpc) is 2.49. The fourth-order valence-electron chi connectivity index (χ4n) is 1.46. The molecule has 1 rings (SSSR count). The summed E-state index contributed by atoms with van der Waals surface area (Å²) < 4.78 is 10.3. The van der Waals surface area contributed by atoms with Gasteiger partial charge < -0.3 is 25.3 Å². The van der Waals surface area contributed by atoms with E-state index in [1.165, 1.54) is 4.90 Å². The minimum absolute atomic E-state index is 0.0687. The zero-order chi connectivity index (χ0) is 15.0. The summed E-state index contributed by atoms with van der Waals surface area (Å²) in [5.41, 5.74) is 5.97. The molecule has 7 heteroatoms. The number of para-hydroxylation sites is 1. The molecule has 20 heavy (non-hydrogen) atoms. The molecule has 0 aromatic heterocycles. The molecule has 0 aliphatic heterocycles. The van der Waals surface area contributed by atoms with Gasteiger partial charge in [-0.25, -0.2) is 0 Å². The van der Waals surface area contributed by atoms with Gasteiger partial charge in [0, 0.05) is 20.7 Å². The Morgan fingerprint density at radius 1 is 1.45 bits per heavy atom. The van der Waals surface area contributed by atoms with Gasteiger partial charge in [-0.15, -0.1) is 0 Å². The number of oxime groups is 1. The summed E-state index contributed by atoms with van der Waals surface area (Å²) in [5, 5.41) is 11.6. The first-order valence-corrected chi connectivity index (χ1v) is 6.02. The smallest absolute Gasteiger partial charge is 0.260 e. The number of likely N-dealkylation sites (N-methyl/N-ethyl adjacent to an activating group) is 1.